The SMILES string of the molecule is CN(Cc1nccs1)[C@H]1CC12CCN(C[C@H]1CC=CCC1)CC2. The summed E-state index contributed by atoms with van der Waals surface area (Å²) in [6, 6.07) is 0.797. The van der Waals surface area contributed by atoms with Gasteiger partial charge in [0.25, 0.3) is 0 Å². The maximum Gasteiger partial charge on any atom is 0.107 e. The van der Waals surface area contributed by atoms with Crippen LogP contribution in [0, 0.1) is 11.3 Å². The summed E-state index contributed by atoms with van der Waals surface area (Å²) < 4.78 is 0. The van der Waals surface area contributed by atoms with Gasteiger partial charge in [-0.15, -0.1) is 11.3 Å². The maximum absolute atomic E-state index is 4.44. The van der Waals surface area contributed by atoms with Crippen LogP contribution in [-0.2, 0) is 6.54 Å². The number of allylic oxidation sites excluding steroid dienone is 2. The van der Waals surface area contributed by atoms with Gasteiger partial charge in [-0.1, -0.05) is 12.2 Å². The fourth-order valence-corrected chi connectivity index (χ4v) is 5.39. The van der Waals surface area contributed by atoms with Crippen LogP contribution in [0.5, 0.6) is 0 Å². The van der Waals surface area contributed by atoms with Crippen LogP contribution in [0.1, 0.15) is 43.5 Å². The van der Waals surface area contributed by atoms with Gasteiger partial charge in [0, 0.05) is 24.2 Å². The largest absolute Gasteiger partial charge is 0.303 e. The van der Waals surface area contributed by atoms with Crippen molar-refractivity contribution in [2.24, 2.45) is 11.3 Å². The Bertz CT molecular complexity index is 531. The Kier molecular flexibility index (Phi) is 4.57. The summed E-state index contributed by atoms with van der Waals surface area (Å²) in [6.45, 7) is 5.01. The van der Waals surface area contributed by atoms with E-state index in [2.05, 4.69) is 39.4 Å². The molecule has 0 N–H and O–H groups in total. The van der Waals surface area contributed by atoms with Gasteiger partial charge in [-0.05, 0) is 70.0 Å². The Morgan fingerprint density at radius 2 is 2.22 bits per heavy atom. The van der Waals surface area contributed by atoms with E-state index in [0.717, 1.165) is 18.5 Å². The molecule has 1 spiro atoms. The molecule has 1 aromatic heterocycles. The molecule has 0 aromatic carbocycles. The normalized spacial score (nSPS) is 30.2. The highest BCUT2D eigenvalue weighted by molar-refractivity contribution is 7.09. The molecule has 1 aliphatic heterocycles. The highest BCUT2D eigenvalue weighted by atomic mass is 32.1. The fourth-order valence-electron chi connectivity index (χ4n) is 4.71. The molecule has 2 atom stereocenters. The van der Waals surface area contributed by atoms with Crippen molar-refractivity contribution < 1.29 is 0 Å². The number of likely N-dealkylation sites (tertiary alicyclic amines) is 1. The van der Waals surface area contributed by atoms with Crippen molar-refractivity contribution in [2.75, 3.05) is 26.7 Å². The standard InChI is InChI=1S/C19H29N3S/c1-21(15-18-20-9-12-23-18)17-13-19(17)7-10-22(11-8-19)14-16-5-3-2-4-6-16/h2-3,9,12,16-17H,4-8,10-11,13-15H2,1H3/t16-,17-/m0/s1. The van der Waals surface area contributed by atoms with E-state index in [0.29, 0.717) is 5.41 Å². The van der Waals surface area contributed by atoms with Crippen LogP contribution in [0.25, 0.3) is 0 Å². The topological polar surface area (TPSA) is 19.4 Å². The van der Waals surface area contributed by atoms with E-state index in [-0.39, 0.29) is 0 Å². The summed E-state index contributed by atoms with van der Waals surface area (Å²) in [6.07, 6.45) is 14.9. The first-order valence-electron chi connectivity index (χ1n) is 9.21. The molecule has 1 saturated carbocycles. The van der Waals surface area contributed by atoms with Crippen molar-refractivity contribution >= 4 is 11.3 Å². The van der Waals surface area contributed by atoms with Crippen molar-refractivity contribution in [3.63, 3.8) is 0 Å². The summed E-state index contributed by atoms with van der Waals surface area (Å²) in [5, 5.41) is 3.35. The zero-order chi connectivity index (χ0) is 15.7. The molecule has 0 bridgehead atoms. The van der Waals surface area contributed by atoms with Crippen LogP contribution in [0.2, 0.25) is 0 Å². The van der Waals surface area contributed by atoms with Crippen LogP contribution < -0.4 is 0 Å². The number of hydrogen-bond donors (Lipinski definition) is 0. The van der Waals surface area contributed by atoms with Gasteiger partial charge in [-0.2, -0.15) is 0 Å². The average Bonchev–Trinajstić information content (AvgIpc) is 3.02. The third-order valence-electron chi connectivity index (χ3n) is 6.29. The molecular weight excluding hydrogens is 302 g/mol. The first-order chi connectivity index (χ1) is 11.3. The molecule has 0 unspecified atom stereocenters. The number of rotatable bonds is 5. The molecule has 4 heteroatoms. The number of thiazole rings is 1. The fraction of sp³-hybridized carbons (Fsp3) is 0.737. The summed E-state index contributed by atoms with van der Waals surface area (Å²) in [5.74, 6) is 0.914. The van der Waals surface area contributed by atoms with E-state index in [9.17, 15) is 0 Å². The first-order valence-corrected chi connectivity index (χ1v) is 10.1. The molecule has 2 heterocycles. The lowest BCUT2D eigenvalue weighted by atomic mass is 9.89. The monoisotopic (exact) mass is 331 g/mol. The van der Waals surface area contributed by atoms with Crippen molar-refractivity contribution in [1.82, 2.24) is 14.8 Å². The molecule has 23 heavy (non-hydrogen) atoms. The van der Waals surface area contributed by atoms with Crippen LogP contribution in [0.15, 0.2) is 23.7 Å². The second-order valence-corrected chi connectivity index (χ2v) is 8.85. The average molecular weight is 332 g/mol. The van der Waals surface area contributed by atoms with Gasteiger partial charge in [-0.3, -0.25) is 4.90 Å². The predicted molar refractivity (Wildman–Crippen MR) is 96.6 cm³/mol. The summed E-state index contributed by atoms with van der Waals surface area (Å²) in [4.78, 5) is 9.74. The van der Waals surface area contributed by atoms with Crippen molar-refractivity contribution in [2.45, 2.75) is 51.1 Å². The second-order valence-electron chi connectivity index (χ2n) is 7.87. The Morgan fingerprint density at radius 3 is 2.91 bits per heavy atom. The van der Waals surface area contributed by atoms with E-state index in [1.807, 2.05) is 6.20 Å². The molecule has 0 radical (unpaired) electrons. The van der Waals surface area contributed by atoms with Gasteiger partial charge in [-0.25, -0.2) is 4.98 Å². The van der Waals surface area contributed by atoms with Crippen LogP contribution in [0.3, 0.4) is 0 Å². The van der Waals surface area contributed by atoms with E-state index >= 15 is 0 Å². The quantitative estimate of drug-likeness (QED) is 0.765. The third kappa shape index (κ3) is 3.54. The molecular formula is C19H29N3S. The summed E-state index contributed by atoms with van der Waals surface area (Å²) >= 11 is 1.78. The van der Waals surface area contributed by atoms with E-state index in [4.69, 9.17) is 0 Å². The summed E-state index contributed by atoms with van der Waals surface area (Å²) in [5.41, 5.74) is 0.634. The Hall–Kier alpha value is -0.710. The highest BCUT2D eigenvalue weighted by Crippen LogP contribution is 2.56. The van der Waals surface area contributed by atoms with Gasteiger partial charge in [0.15, 0.2) is 0 Å². The molecule has 2 aliphatic carbocycles. The number of hydrogen-bond acceptors (Lipinski definition) is 4. The van der Waals surface area contributed by atoms with E-state index < -0.39 is 0 Å². The van der Waals surface area contributed by atoms with Gasteiger partial charge in [0.2, 0.25) is 0 Å². The minimum atomic E-state index is 0.634. The molecule has 3 aliphatic rings. The van der Waals surface area contributed by atoms with Crippen molar-refractivity contribution in [3.05, 3.63) is 28.7 Å². The minimum Gasteiger partial charge on any atom is -0.303 e. The molecule has 1 aromatic rings. The molecule has 126 valence electrons. The van der Waals surface area contributed by atoms with Crippen LogP contribution >= 0.6 is 11.3 Å². The molecule has 2 fully saturated rings. The van der Waals surface area contributed by atoms with Gasteiger partial charge >= 0.3 is 0 Å². The number of nitrogens with zero attached hydrogens (tertiary/aromatic N) is 3. The van der Waals surface area contributed by atoms with Crippen LogP contribution in [0.4, 0.5) is 0 Å². The van der Waals surface area contributed by atoms with Crippen molar-refractivity contribution in [3.8, 4) is 0 Å². The zero-order valence-corrected chi connectivity index (χ0v) is 15.1. The molecule has 4 rings (SSSR count). The Labute approximate surface area is 144 Å². The van der Waals surface area contributed by atoms with Gasteiger partial charge < -0.3 is 4.90 Å². The minimum absolute atomic E-state index is 0.634. The molecule has 0 amide bonds. The highest BCUT2D eigenvalue weighted by Gasteiger charge is 2.56. The maximum atomic E-state index is 4.44. The predicted octanol–water partition coefficient (Wildman–Crippen LogP) is 3.79. The smallest absolute Gasteiger partial charge is 0.107 e. The van der Waals surface area contributed by atoms with Crippen LogP contribution in [-0.4, -0.2) is 47.5 Å². The van der Waals surface area contributed by atoms with Crippen molar-refractivity contribution in [1.29, 1.82) is 0 Å². The first kappa shape index (κ1) is 15.8. The van der Waals surface area contributed by atoms with E-state index in [1.165, 1.54) is 63.2 Å². The lowest BCUT2D eigenvalue weighted by Crippen LogP contribution is -2.40. The zero-order valence-electron chi connectivity index (χ0n) is 14.3. The lowest BCUT2D eigenvalue weighted by Gasteiger charge is -2.36. The van der Waals surface area contributed by atoms with Gasteiger partial charge in [0.1, 0.15) is 5.01 Å². The molecule has 3 nitrogen and oxygen atoms in total. The lowest BCUT2D eigenvalue weighted by molar-refractivity contribution is 0.127. The van der Waals surface area contributed by atoms with E-state index in [1.54, 1.807) is 11.3 Å². The second kappa shape index (κ2) is 6.66. The summed E-state index contributed by atoms with van der Waals surface area (Å²) in [7, 11) is 2.29. The third-order valence-corrected chi connectivity index (χ3v) is 7.06. The number of aromatic nitrogens is 1. The molecule has 1 saturated heterocycles. The Morgan fingerprint density at radius 1 is 1.35 bits per heavy atom. The number of piperidine rings is 1. The van der Waals surface area contributed by atoms with Gasteiger partial charge in [0.05, 0.1) is 6.54 Å². The Balaban J connectivity index is 1.24.